The molecule has 4 heteroatoms. The SMILES string of the molecule is CCCC1CN(Cc2c(Cl)cccc2Cl)CCCN1. The topological polar surface area (TPSA) is 15.3 Å². The molecular weight excluding hydrogens is 279 g/mol. The van der Waals surface area contributed by atoms with Crippen LogP contribution in [0, 0.1) is 0 Å². The molecule has 1 atom stereocenters. The third kappa shape index (κ3) is 4.35. The molecule has 1 aliphatic rings. The van der Waals surface area contributed by atoms with Gasteiger partial charge in [0.2, 0.25) is 0 Å². The van der Waals surface area contributed by atoms with Gasteiger partial charge in [-0.25, -0.2) is 0 Å². The van der Waals surface area contributed by atoms with Crippen LogP contribution in [0.2, 0.25) is 10.0 Å². The lowest BCUT2D eigenvalue weighted by molar-refractivity contribution is 0.255. The fourth-order valence-electron chi connectivity index (χ4n) is 2.67. The van der Waals surface area contributed by atoms with E-state index < -0.39 is 0 Å². The summed E-state index contributed by atoms with van der Waals surface area (Å²) in [4.78, 5) is 2.47. The summed E-state index contributed by atoms with van der Waals surface area (Å²) in [5, 5.41) is 5.17. The van der Waals surface area contributed by atoms with Gasteiger partial charge in [0.15, 0.2) is 0 Å². The van der Waals surface area contributed by atoms with Crippen LogP contribution in [0.1, 0.15) is 31.7 Å². The van der Waals surface area contributed by atoms with E-state index in [4.69, 9.17) is 23.2 Å². The van der Waals surface area contributed by atoms with Gasteiger partial charge in [-0.1, -0.05) is 42.6 Å². The van der Waals surface area contributed by atoms with Crippen molar-refractivity contribution in [3.8, 4) is 0 Å². The Balaban J connectivity index is 2.04. The standard InChI is InChI=1S/C15H22Cl2N2/c1-2-5-12-10-19(9-4-8-18-12)11-13-14(16)6-3-7-15(13)17/h3,6-7,12,18H,2,4-5,8-11H2,1H3. The largest absolute Gasteiger partial charge is 0.313 e. The van der Waals surface area contributed by atoms with Gasteiger partial charge in [0.1, 0.15) is 0 Å². The summed E-state index contributed by atoms with van der Waals surface area (Å²) < 4.78 is 0. The van der Waals surface area contributed by atoms with Crippen LogP contribution in [-0.2, 0) is 6.54 Å². The first-order chi connectivity index (χ1) is 9.20. The van der Waals surface area contributed by atoms with E-state index in [9.17, 15) is 0 Å². The van der Waals surface area contributed by atoms with Crippen molar-refractivity contribution >= 4 is 23.2 Å². The van der Waals surface area contributed by atoms with E-state index in [1.54, 1.807) is 0 Å². The molecular formula is C15H22Cl2N2. The molecule has 19 heavy (non-hydrogen) atoms. The molecule has 1 N–H and O–H groups in total. The second-order valence-corrected chi connectivity index (χ2v) is 6.04. The number of nitrogens with zero attached hydrogens (tertiary/aromatic N) is 1. The van der Waals surface area contributed by atoms with Crippen molar-refractivity contribution in [2.75, 3.05) is 19.6 Å². The number of hydrogen-bond acceptors (Lipinski definition) is 2. The van der Waals surface area contributed by atoms with Gasteiger partial charge in [0, 0.05) is 34.7 Å². The Hall–Kier alpha value is -0.280. The van der Waals surface area contributed by atoms with E-state index in [2.05, 4.69) is 17.1 Å². The van der Waals surface area contributed by atoms with Crippen LogP contribution in [0.3, 0.4) is 0 Å². The summed E-state index contributed by atoms with van der Waals surface area (Å²) in [6.07, 6.45) is 3.63. The maximum Gasteiger partial charge on any atom is 0.0465 e. The molecule has 1 saturated heterocycles. The number of benzene rings is 1. The maximum atomic E-state index is 6.26. The first-order valence-electron chi connectivity index (χ1n) is 7.09. The summed E-state index contributed by atoms with van der Waals surface area (Å²) in [5.74, 6) is 0. The van der Waals surface area contributed by atoms with Gasteiger partial charge in [0.05, 0.1) is 0 Å². The monoisotopic (exact) mass is 300 g/mol. The molecule has 0 amide bonds. The van der Waals surface area contributed by atoms with Gasteiger partial charge in [0.25, 0.3) is 0 Å². The van der Waals surface area contributed by atoms with Crippen LogP contribution in [-0.4, -0.2) is 30.6 Å². The first-order valence-corrected chi connectivity index (χ1v) is 7.85. The van der Waals surface area contributed by atoms with Gasteiger partial charge in [-0.3, -0.25) is 4.90 Å². The van der Waals surface area contributed by atoms with E-state index in [1.165, 1.54) is 19.3 Å². The molecule has 2 nitrogen and oxygen atoms in total. The summed E-state index contributed by atoms with van der Waals surface area (Å²) in [5.41, 5.74) is 1.06. The Kier molecular flexibility index (Phi) is 5.96. The van der Waals surface area contributed by atoms with Crippen molar-refractivity contribution in [1.29, 1.82) is 0 Å². The highest BCUT2D eigenvalue weighted by molar-refractivity contribution is 6.35. The second kappa shape index (κ2) is 7.49. The van der Waals surface area contributed by atoms with E-state index in [0.29, 0.717) is 6.04 Å². The van der Waals surface area contributed by atoms with Gasteiger partial charge in [-0.05, 0) is 38.1 Å². The second-order valence-electron chi connectivity index (χ2n) is 5.23. The average molecular weight is 301 g/mol. The molecule has 1 aromatic rings. The van der Waals surface area contributed by atoms with Crippen molar-refractivity contribution in [1.82, 2.24) is 10.2 Å². The third-order valence-corrected chi connectivity index (χ3v) is 4.35. The van der Waals surface area contributed by atoms with Crippen molar-refractivity contribution in [3.05, 3.63) is 33.8 Å². The van der Waals surface area contributed by atoms with Gasteiger partial charge < -0.3 is 5.32 Å². The van der Waals surface area contributed by atoms with Crippen LogP contribution in [0.15, 0.2) is 18.2 Å². The van der Waals surface area contributed by atoms with Gasteiger partial charge >= 0.3 is 0 Å². The van der Waals surface area contributed by atoms with E-state index in [-0.39, 0.29) is 0 Å². The highest BCUT2D eigenvalue weighted by Gasteiger charge is 2.18. The Labute approximate surface area is 126 Å². The number of hydrogen-bond donors (Lipinski definition) is 1. The molecule has 1 fully saturated rings. The zero-order valence-corrected chi connectivity index (χ0v) is 13.0. The lowest BCUT2D eigenvalue weighted by Gasteiger charge is -2.25. The molecule has 1 aliphatic heterocycles. The minimum atomic E-state index is 0.591. The van der Waals surface area contributed by atoms with Crippen molar-refractivity contribution in [3.63, 3.8) is 0 Å². The number of nitrogens with one attached hydrogen (secondary N) is 1. The van der Waals surface area contributed by atoms with Crippen molar-refractivity contribution in [2.24, 2.45) is 0 Å². The average Bonchev–Trinajstić information content (AvgIpc) is 2.60. The molecule has 106 valence electrons. The van der Waals surface area contributed by atoms with Crippen molar-refractivity contribution < 1.29 is 0 Å². The van der Waals surface area contributed by atoms with Crippen LogP contribution in [0.25, 0.3) is 0 Å². The van der Waals surface area contributed by atoms with E-state index in [0.717, 1.165) is 41.8 Å². The van der Waals surface area contributed by atoms with Gasteiger partial charge in [-0.15, -0.1) is 0 Å². The Morgan fingerprint density at radius 2 is 2.05 bits per heavy atom. The smallest absolute Gasteiger partial charge is 0.0465 e. The van der Waals surface area contributed by atoms with Gasteiger partial charge in [-0.2, -0.15) is 0 Å². The first kappa shape index (κ1) is 15.1. The lowest BCUT2D eigenvalue weighted by atomic mass is 10.1. The van der Waals surface area contributed by atoms with Crippen LogP contribution < -0.4 is 5.32 Å². The lowest BCUT2D eigenvalue weighted by Crippen LogP contribution is -2.37. The number of halogens is 2. The number of rotatable bonds is 4. The molecule has 1 heterocycles. The third-order valence-electron chi connectivity index (χ3n) is 3.64. The minimum Gasteiger partial charge on any atom is -0.313 e. The Morgan fingerprint density at radius 1 is 1.32 bits per heavy atom. The van der Waals surface area contributed by atoms with E-state index >= 15 is 0 Å². The minimum absolute atomic E-state index is 0.591. The van der Waals surface area contributed by atoms with E-state index in [1.807, 2.05) is 18.2 Å². The summed E-state index contributed by atoms with van der Waals surface area (Å²) in [6.45, 7) is 6.38. The van der Waals surface area contributed by atoms with Crippen LogP contribution in [0.5, 0.6) is 0 Å². The zero-order valence-electron chi connectivity index (χ0n) is 11.5. The van der Waals surface area contributed by atoms with Crippen LogP contribution >= 0.6 is 23.2 Å². The quantitative estimate of drug-likeness (QED) is 0.905. The molecule has 0 aliphatic carbocycles. The Morgan fingerprint density at radius 3 is 2.74 bits per heavy atom. The normalized spacial score (nSPS) is 21.3. The molecule has 0 spiro atoms. The fourth-order valence-corrected chi connectivity index (χ4v) is 3.19. The molecule has 0 saturated carbocycles. The molecule has 0 aromatic heterocycles. The highest BCUT2D eigenvalue weighted by Crippen LogP contribution is 2.26. The molecule has 0 radical (unpaired) electrons. The van der Waals surface area contributed by atoms with Crippen molar-refractivity contribution in [2.45, 2.75) is 38.8 Å². The Bertz CT molecular complexity index is 389. The molecule has 0 bridgehead atoms. The highest BCUT2D eigenvalue weighted by atomic mass is 35.5. The summed E-state index contributed by atoms with van der Waals surface area (Å²) in [6, 6.07) is 6.33. The summed E-state index contributed by atoms with van der Waals surface area (Å²) in [7, 11) is 0. The predicted molar refractivity (Wildman–Crippen MR) is 83.1 cm³/mol. The van der Waals surface area contributed by atoms with Crippen LogP contribution in [0.4, 0.5) is 0 Å². The predicted octanol–water partition coefficient (Wildman–Crippen LogP) is 3.96. The summed E-state index contributed by atoms with van der Waals surface area (Å²) >= 11 is 12.5. The maximum absolute atomic E-state index is 6.26. The zero-order chi connectivity index (χ0) is 13.7. The fraction of sp³-hybridized carbons (Fsp3) is 0.600. The molecule has 1 aromatic carbocycles. The molecule has 2 rings (SSSR count). The molecule has 1 unspecified atom stereocenters.